The van der Waals surface area contributed by atoms with Crippen molar-refractivity contribution in [2.75, 3.05) is 4.90 Å². The molecule has 0 aliphatic carbocycles. The van der Waals surface area contributed by atoms with Crippen molar-refractivity contribution < 1.29 is 4.79 Å². The van der Waals surface area contributed by atoms with Gasteiger partial charge in [-0.25, -0.2) is 0 Å². The summed E-state index contributed by atoms with van der Waals surface area (Å²) in [6.45, 7) is 3.57. The summed E-state index contributed by atoms with van der Waals surface area (Å²) < 4.78 is 0. The summed E-state index contributed by atoms with van der Waals surface area (Å²) in [6, 6.07) is 12.3. The van der Waals surface area contributed by atoms with Gasteiger partial charge in [0.15, 0.2) is 0 Å². The number of hydrogen-bond acceptors (Lipinski definition) is 1. The predicted molar refractivity (Wildman–Crippen MR) is 70.8 cm³/mol. The number of benzene rings is 2. The van der Waals surface area contributed by atoms with Gasteiger partial charge in [0.25, 0.3) is 0 Å². The van der Waals surface area contributed by atoms with Crippen molar-refractivity contribution in [3.8, 4) is 0 Å². The second-order valence-electron chi connectivity index (χ2n) is 4.36. The van der Waals surface area contributed by atoms with Gasteiger partial charge in [-0.15, -0.1) is 0 Å². The van der Waals surface area contributed by atoms with Crippen LogP contribution in [0, 0.1) is 0 Å². The van der Waals surface area contributed by atoms with Crippen molar-refractivity contribution >= 4 is 28.4 Å². The van der Waals surface area contributed by atoms with Gasteiger partial charge in [0.1, 0.15) is 0 Å². The van der Waals surface area contributed by atoms with E-state index >= 15 is 0 Å². The number of carbonyl (C=O) groups is 1. The van der Waals surface area contributed by atoms with Gasteiger partial charge in [0.2, 0.25) is 5.91 Å². The first kappa shape index (κ1) is 10.1. The number of nitrogens with zero attached hydrogens (tertiary/aromatic N) is 1. The lowest BCUT2D eigenvalue weighted by Crippen LogP contribution is -2.28. The lowest BCUT2D eigenvalue weighted by molar-refractivity contribution is -0.116. The van der Waals surface area contributed by atoms with Crippen LogP contribution in [0.1, 0.15) is 19.4 Å². The Hall–Kier alpha value is -2.09. The molecule has 0 bridgehead atoms. The van der Waals surface area contributed by atoms with Crippen molar-refractivity contribution in [2.24, 2.45) is 0 Å². The third-order valence-corrected chi connectivity index (χ3v) is 3.19. The monoisotopic (exact) mass is 223 g/mol. The Bertz CT molecular complexity index is 650. The maximum Gasteiger partial charge on any atom is 0.228 e. The summed E-state index contributed by atoms with van der Waals surface area (Å²) in [5.41, 5.74) is 3.16. The first-order chi connectivity index (χ1) is 8.18. The van der Waals surface area contributed by atoms with E-state index in [4.69, 9.17) is 0 Å². The summed E-state index contributed by atoms with van der Waals surface area (Å²) in [5.74, 6) is 0.0563. The van der Waals surface area contributed by atoms with Crippen molar-refractivity contribution in [1.29, 1.82) is 0 Å². The van der Waals surface area contributed by atoms with Crippen molar-refractivity contribution in [2.45, 2.75) is 13.8 Å². The summed E-state index contributed by atoms with van der Waals surface area (Å²) in [7, 11) is 0. The Morgan fingerprint density at radius 3 is 2.53 bits per heavy atom. The lowest BCUT2D eigenvalue weighted by Gasteiger charge is -2.28. The number of allylic oxidation sites excluding steroid dienone is 1. The van der Waals surface area contributed by atoms with Crippen LogP contribution in [-0.2, 0) is 4.79 Å². The average molecular weight is 223 g/mol. The smallest absolute Gasteiger partial charge is 0.228 e. The molecule has 2 aromatic rings. The highest BCUT2D eigenvalue weighted by atomic mass is 16.2. The third kappa shape index (κ3) is 1.37. The molecule has 2 nitrogen and oxygen atoms in total. The van der Waals surface area contributed by atoms with Crippen molar-refractivity contribution in [3.05, 3.63) is 47.7 Å². The van der Waals surface area contributed by atoms with E-state index in [1.807, 2.05) is 19.1 Å². The first-order valence-electron chi connectivity index (χ1n) is 5.69. The normalized spacial score (nSPS) is 13.8. The molecule has 0 saturated heterocycles. The van der Waals surface area contributed by atoms with Crippen LogP contribution >= 0.6 is 0 Å². The molecule has 0 aromatic heterocycles. The van der Waals surface area contributed by atoms with Crippen LogP contribution in [0.5, 0.6) is 0 Å². The van der Waals surface area contributed by atoms with Gasteiger partial charge in [-0.1, -0.05) is 30.3 Å². The molecule has 0 unspecified atom stereocenters. The Morgan fingerprint density at radius 1 is 1.12 bits per heavy atom. The van der Waals surface area contributed by atoms with E-state index in [-0.39, 0.29) is 5.91 Å². The summed E-state index contributed by atoms with van der Waals surface area (Å²) in [6.07, 6.45) is 2.07. The second kappa shape index (κ2) is 3.45. The van der Waals surface area contributed by atoms with E-state index in [9.17, 15) is 4.79 Å². The molecule has 1 heterocycles. The molecule has 0 saturated carbocycles. The Kier molecular flexibility index (Phi) is 2.05. The summed E-state index contributed by atoms with van der Waals surface area (Å²) >= 11 is 0. The van der Waals surface area contributed by atoms with Crippen LogP contribution in [0.3, 0.4) is 0 Å². The summed E-state index contributed by atoms with van der Waals surface area (Å²) in [5, 5.41) is 2.34. The molecule has 1 amide bonds. The van der Waals surface area contributed by atoms with E-state index in [1.54, 1.807) is 11.8 Å². The number of rotatable bonds is 0. The number of amides is 1. The van der Waals surface area contributed by atoms with Gasteiger partial charge in [0, 0.05) is 18.0 Å². The van der Waals surface area contributed by atoms with Crippen molar-refractivity contribution in [1.82, 2.24) is 0 Å². The molecule has 3 rings (SSSR count). The van der Waals surface area contributed by atoms with E-state index in [0.29, 0.717) is 0 Å². The van der Waals surface area contributed by atoms with Gasteiger partial charge >= 0.3 is 0 Å². The van der Waals surface area contributed by atoms with Crippen LogP contribution in [0.2, 0.25) is 0 Å². The highest BCUT2D eigenvalue weighted by Gasteiger charge is 2.21. The zero-order valence-corrected chi connectivity index (χ0v) is 9.90. The van der Waals surface area contributed by atoms with Crippen LogP contribution in [-0.4, -0.2) is 5.91 Å². The zero-order valence-electron chi connectivity index (χ0n) is 9.90. The largest absolute Gasteiger partial charge is 0.285 e. The fraction of sp³-hybridized carbons (Fsp3) is 0.133. The molecule has 2 heteroatoms. The van der Waals surface area contributed by atoms with E-state index < -0.39 is 0 Å². The molecule has 0 N–H and O–H groups in total. The van der Waals surface area contributed by atoms with Gasteiger partial charge in [0.05, 0.1) is 5.69 Å². The van der Waals surface area contributed by atoms with E-state index in [2.05, 4.69) is 30.3 Å². The van der Waals surface area contributed by atoms with Gasteiger partial charge in [-0.3, -0.25) is 9.69 Å². The molecule has 0 atom stereocenters. The average Bonchev–Trinajstić information content (AvgIpc) is 2.28. The fourth-order valence-electron chi connectivity index (χ4n) is 2.55. The lowest BCUT2D eigenvalue weighted by atomic mass is 9.98. The maximum atomic E-state index is 11.7. The Labute approximate surface area is 100 Å². The molecule has 2 aromatic carbocycles. The topological polar surface area (TPSA) is 20.3 Å². The molecule has 0 spiro atoms. The molecular formula is C15H13NO. The van der Waals surface area contributed by atoms with Gasteiger partial charge in [-0.05, 0) is 30.0 Å². The van der Waals surface area contributed by atoms with E-state index in [0.717, 1.165) is 16.8 Å². The van der Waals surface area contributed by atoms with Crippen LogP contribution in [0.4, 0.5) is 5.69 Å². The van der Waals surface area contributed by atoms with Crippen molar-refractivity contribution in [3.63, 3.8) is 0 Å². The molecule has 0 fully saturated rings. The van der Waals surface area contributed by atoms with Crippen LogP contribution in [0.15, 0.2) is 42.1 Å². The molecule has 84 valence electrons. The second-order valence-corrected chi connectivity index (χ2v) is 4.36. The highest BCUT2D eigenvalue weighted by Crippen LogP contribution is 2.37. The Balaban J connectivity index is 2.43. The predicted octanol–water partition coefficient (Wildman–Crippen LogP) is 3.57. The maximum absolute atomic E-state index is 11.7. The molecule has 1 aliphatic heterocycles. The Morgan fingerprint density at radius 2 is 1.82 bits per heavy atom. The number of anilines is 1. The standard InChI is InChI=1S/C15H13NO/c1-10-9-13-7-3-5-12-6-4-8-14(15(12)13)16(10)11(2)17/h3-9H,1-2H3. The van der Waals surface area contributed by atoms with Gasteiger partial charge in [-0.2, -0.15) is 0 Å². The number of carbonyl (C=O) groups excluding carboxylic acids is 1. The molecule has 17 heavy (non-hydrogen) atoms. The van der Waals surface area contributed by atoms with Crippen LogP contribution < -0.4 is 4.90 Å². The SMILES string of the molecule is CC(=O)N1C(C)=Cc2cccc3cccc1c23. The minimum Gasteiger partial charge on any atom is -0.285 e. The minimum atomic E-state index is 0.0563. The zero-order chi connectivity index (χ0) is 12.0. The van der Waals surface area contributed by atoms with Gasteiger partial charge < -0.3 is 0 Å². The molecular weight excluding hydrogens is 210 g/mol. The highest BCUT2D eigenvalue weighted by molar-refractivity contribution is 6.11. The van der Waals surface area contributed by atoms with E-state index in [1.165, 1.54) is 10.9 Å². The third-order valence-electron chi connectivity index (χ3n) is 3.19. The molecule has 1 aliphatic rings. The fourth-order valence-corrected chi connectivity index (χ4v) is 2.55. The molecule has 0 radical (unpaired) electrons. The summed E-state index contributed by atoms with van der Waals surface area (Å²) in [4.78, 5) is 13.5. The first-order valence-corrected chi connectivity index (χ1v) is 5.69. The van der Waals surface area contributed by atoms with Crippen LogP contribution in [0.25, 0.3) is 16.8 Å². The quantitative estimate of drug-likeness (QED) is 0.668. The number of hydrogen-bond donors (Lipinski definition) is 0. The minimum absolute atomic E-state index is 0.0563.